The van der Waals surface area contributed by atoms with E-state index in [0.717, 1.165) is 15.6 Å². The fourth-order valence-corrected chi connectivity index (χ4v) is 3.32. The van der Waals surface area contributed by atoms with E-state index in [4.69, 9.17) is 9.47 Å². The molecule has 0 atom stereocenters. The highest BCUT2D eigenvalue weighted by Gasteiger charge is 2.12. The second-order valence-electron chi connectivity index (χ2n) is 8.88. The van der Waals surface area contributed by atoms with E-state index in [9.17, 15) is 9.59 Å². The van der Waals surface area contributed by atoms with E-state index in [0.29, 0.717) is 30.9 Å². The smallest absolute Gasteiger partial charge is 0.310 e. The highest BCUT2D eigenvalue weighted by Crippen LogP contribution is 2.20. The molecule has 0 N–H and O–H groups in total. The molecule has 0 unspecified atom stereocenters. The van der Waals surface area contributed by atoms with Crippen LogP contribution in [0.25, 0.3) is 6.08 Å². The van der Waals surface area contributed by atoms with Crippen LogP contribution >= 0.6 is 0 Å². The molecule has 3 aromatic rings. The average Bonchev–Trinajstić information content (AvgIpc) is 2.83. The molecule has 3 rings (SSSR count). The zero-order chi connectivity index (χ0) is 24.4. The van der Waals surface area contributed by atoms with Crippen molar-refractivity contribution >= 4 is 23.5 Å². The van der Waals surface area contributed by atoms with E-state index in [1.165, 1.54) is 5.69 Å². The van der Waals surface area contributed by atoms with Gasteiger partial charge >= 0.3 is 5.97 Å². The third-order valence-corrected chi connectivity index (χ3v) is 5.26. The molecule has 0 aromatic heterocycles. The molecule has 5 heteroatoms. The van der Waals surface area contributed by atoms with E-state index < -0.39 is 0 Å². The molecule has 0 amide bonds. The van der Waals surface area contributed by atoms with Gasteiger partial charge in [0, 0.05) is 17.5 Å². The van der Waals surface area contributed by atoms with Crippen molar-refractivity contribution in [3.05, 3.63) is 102 Å². The summed E-state index contributed by atoms with van der Waals surface area (Å²) < 4.78 is 12.0. The fourth-order valence-electron chi connectivity index (χ4n) is 3.32. The van der Waals surface area contributed by atoms with Gasteiger partial charge in [0.1, 0.15) is 11.4 Å². The Morgan fingerprint density at radius 1 is 0.824 bits per heavy atom. The highest BCUT2D eigenvalue weighted by molar-refractivity contribution is 6.06. The van der Waals surface area contributed by atoms with Crippen molar-refractivity contribution < 1.29 is 19.1 Å². The van der Waals surface area contributed by atoms with Gasteiger partial charge in [0.2, 0.25) is 0 Å². The zero-order valence-electron chi connectivity index (χ0n) is 20.1. The summed E-state index contributed by atoms with van der Waals surface area (Å²) in [7, 11) is 6.30. The molecule has 34 heavy (non-hydrogen) atoms. The van der Waals surface area contributed by atoms with Crippen molar-refractivity contribution in [2.24, 2.45) is 0 Å². The van der Waals surface area contributed by atoms with Gasteiger partial charge in [-0.15, -0.1) is 0 Å². The van der Waals surface area contributed by atoms with Gasteiger partial charge in [0.15, 0.2) is 5.78 Å². The molecular formula is C29H32NO4+. The number of carbonyl (C=O) groups is 2. The Bertz CT molecular complexity index is 1110. The molecule has 0 radical (unpaired) electrons. The molecule has 0 aliphatic carbocycles. The normalized spacial score (nSPS) is 11.4. The second-order valence-corrected chi connectivity index (χ2v) is 8.88. The summed E-state index contributed by atoms with van der Waals surface area (Å²) in [6.45, 7) is 0.698. The summed E-state index contributed by atoms with van der Waals surface area (Å²) in [5, 5.41) is 0. The van der Waals surface area contributed by atoms with Gasteiger partial charge in [-0.3, -0.25) is 14.1 Å². The fraction of sp³-hybridized carbons (Fsp3) is 0.241. The molecule has 0 spiro atoms. The summed E-state index contributed by atoms with van der Waals surface area (Å²) in [5.41, 5.74) is 3.57. The molecule has 0 fully saturated rings. The van der Waals surface area contributed by atoms with Crippen LogP contribution in [0.1, 0.15) is 27.9 Å². The summed E-state index contributed by atoms with van der Waals surface area (Å²) >= 11 is 0. The predicted molar refractivity (Wildman–Crippen MR) is 137 cm³/mol. The quantitative estimate of drug-likeness (QED) is 0.128. The number of rotatable bonds is 11. The van der Waals surface area contributed by atoms with Crippen LogP contribution in [-0.2, 0) is 16.0 Å². The lowest BCUT2D eigenvalue weighted by molar-refractivity contribution is -0.143. The Morgan fingerprint density at radius 3 is 2.21 bits per heavy atom. The Kier molecular flexibility index (Phi) is 8.77. The maximum absolute atomic E-state index is 12.3. The first kappa shape index (κ1) is 24.9. The largest absolute Gasteiger partial charge is 0.493 e. The maximum atomic E-state index is 12.3. The van der Waals surface area contributed by atoms with Crippen molar-refractivity contribution in [1.82, 2.24) is 4.48 Å². The number of ketones is 1. The van der Waals surface area contributed by atoms with Crippen molar-refractivity contribution in [2.75, 3.05) is 34.4 Å². The van der Waals surface area contributed by atoms with Gasteiger partial charge in [0.05, 0.1) is 40.8 Å². The van der Waals surface area contributed by atoms with E-state index in [1.54, 1.807) is 24.3 Å². The molecule has 0 bridgehead atoms. The lowest BCUT2D eigenvalue weighted by Crippen LogP contribution is -2.34. The monoisotopic (exact) mass is 458 g/mol. The lowest BCUT2D eigenvalue weighted by atomic mass is 10.1. The topological polar surface area (TPSA) is 52.6 Å². The number of allylic oxidation sites excluding steroid dienone is 1. The maximum Gasteiger partial charge on any atom is 0.310 e. The van der Waals surface area contributed by atoms with E-state index >= 15 is 0 Å². The molecular weight excluding hydrogens is 426 g/mol. The van der Waals surface area contributed by atoms with Crippen molar-refractivity contribution in [2.45, 2.75) is 12.8 Å². The minimum atomic E-state index is -0.249. The summed E-state index contributed by atoms with van der Waals surface area (Å²) in [6, 6.07) is 24.7. The number of nitrogens with zero attached hydrogens (tertiary/aromatic N) is 1. The van der Waals surface area contributed by atoms with Gasteiger partial charge in [0.25, 0.3) is 0 Å². The molecule has 0 heterocycles. The van der Waals surface area contributed by atoms with Crippen LogP contribution in [0, 0.1) is 0 Å². The SMILES string of the molecule is C[N+](C)(C)c1ccc(CC(=O)OCCCOc2ccccc2C=CC(=O)c2ccccc2)cc1. The molecule has 3 aromatic carbocycles. The van der Waals surface area contributed by atoms with Gasteiger partial charge in [-0.25, -0.2) is 0 Å². The lowest BCUT2D eigenvalue weighted by Gasteiger charge is -2.23. The number of para-hydroxylation sites is 1. The predicted octanol–water partition coefficient (Wildman–Crippen LogP) is 5.33. The number of carbonyl (C=O) groups excluding carboxylic acids is 2. The number of benzene rings is 3. The van der Waals surface area contributed by atoms with Crippen LogP contribution in [0.3, 0.4) is 0 Å². The van der Waals surface area contributed by atoms with E-state index in [2.05, 4.69) is 21.1 Å². The third-order valence-electron chi connectivity index (χ3n) is 5.26. The van der Waals surface area contributed by atoms with Crippen molar-refractivity contribution in [3.63, 3.8) is 0 Å². The Morgan fingerprint density at radius 2 is 1.50 bits per heavy atom. The standard InChI is InChI=1S/C29H32NO4/c1-30(2,3)26-17-14-23(15-18-26)22-29(32)34-21-9-20-33-28-13-8-7-12-25(28)16-19-27(31)24-10-5-4-6-11-24/h4-8,10-19H,9,20-22H2,1-3H3/q+1. The Labute approximate surface area is 201 Å². The molecule has 176 valence electrons. The number of quaternary nitrogens is 1. The average molecular weight is 459 g/mol. The second kappa shape index (κ2) is 12.0. The minimum Gasteiger partial charge on any atom is -0.493 e. The van der Waals surface area contributed by atoms with E-state index in [-0.39, 0.29) is 18.2 Å². The van der Waals surface area contributed by atoms with Crippen LogP contribution in [0.2, 0.25) is 0 Å². The molecule has 5 nitrogen and oxygen atoms in total. The zero-order valence-corrected chi connectivity index (χ0v) is 20.1. The number of ether oxygens (including phenoxy) is 2. The Hall–Kier alpha value is -3.70. The summed E-state index contributed by atoms with van der Waals surface area (Å²) in [4.78, 5) is 24.4. The van der Waals surface area contributed by atoms with Gasteiger partial charge < -0.3 is 9.47 Å². The van der Waals surface area contributed by atoms with Crippen molar-refractivity contribution in [1.29, 1.82) is 0 Å². The summed E-state index contributed by atoms with van der Waals surface area (Å²) in [5.74, 6) is 0.374. The first-order valence-corrected chi connectivity index (χ1v) is 11.4. The first-order valence-electron chi connectivity index (χ1n) is 11.4. The number of hydrogen-bond donors (Lipinski definition) is 0. The minimum absolute atomic E-state index is 0.0607. The number of esters is 1. The summed E-state index contributed by atoms with van der Waals surface area (Å²) in [6.07, 6.45) is 4.13. The first-order chi connectivity index (χ1) is 16.3. The van der Waals surface area contributed by atoms with Crippen LogP contribution in [0.4, 0.5) is 5.69 Å². The number of hydrogen-bond acceptors (Lipinski definition) is 4. The van der Waals surface area contributed by atoms with Crippen LogP contribution < -0.4 is 9.22 Å². The van der Waals surface area contributed by atoms with Crippen molar-refractivity contribution in [3.8, 4) is 5.75 Å². The van der Waals surface area contributed by atoms with Crippen LogP contribution in [0.15, 0.2) is 84.9 Å². The van der Waals surface area contributed by atoms with Gasteiger partial charge in [-0.05, 0) is 35.9 Å². The van der Waals surface area contributed by atoms with Crippen LogP contribution in [0.5, 0.6) is 5.75 Å². The van der Waals surface area contributed by atoms with E-state index in [1.807, 2.05) is 66.7 Å². The molecule has 0 aliphatic heterocycles. The third kappa shape index (κ3) is 7.71. The highest BCUT2D eigenvalue weighted by atomic mass is 16.5. The molecule has 0 aliphatic rings. The van der Waals surface area contributed by atoms with Crippen LogP contribution in [-0.4, -0.2) is 46.1 Å². The molecule has 0 saturated heterocycles. The molecule has 0 saturated carbocycles. The Balaban J connectivity index is 1.42. The van der Waals surface area contributed by atoms with Gasteiger partial charge in [-0.1, -0.05) is 60.7 Å². The van der Waals surface area contributed by atoms with Gasteiger partial charge in [-0.2, -0.15) is 0 Å².